The van der Waals surface area contributed by atoms with Crippen molar-refractivity contribution in [2.75, 3.05) is 52.4 Å². The summed E-state index contributed by atoms with van der Waals surface area (Å²) in [5.41, 5.74) is 7.60. The van der Waals surface area contributed by atoms with Crippen LogP contribution in [0.2, 0.25) is 0 Å². The lowest BCUT2D eigenvalue weighted by atomic mass is 10.5. The Balaban J connectivity index is 2.76. The van der Waals surface area contributed by atoms with Crippen LogP contribution < -0.4 is 27.4 Å². The molecule has 0 heterocycles. The summed E-state index contributed by atoms with van der Waals surface area (Å²) in [5.74, 6) is 0. The third kappa shape index (κ3) is 11.8. The molecule has 0 fully saturated rings. The van der Waals surface area contributed by atoms with Crippen LogP contribution in [0.3, 0.4) is 0 Å². The highest BCUT2D eigenvalue weighted by Crippen LogP contribution is 1.36. The fourth-order valence-electron chi connectivity index (χ4n) is 1.19. The third-order valence-electron chi connectivity index (χ3n) is 1.97. The molecule has 0 aliphatic heterocycles. The third-order valence-corrected chi connectivity index (χ3v) is 1.97. The van der Waals surface area contributed by atoms with E-state index in [4.69, 9.17) is 0 Å². The van der Waals surface area contributed by atoms with Gasteiger partial charge in [0.05, 0.1) is 0 Å². The maximum absolute atomic E-state index is 3.80. The van der Waals surface area contributed by atoms with E-state index in [1.54, 1.807) is 0 Å². The van der Waals surface area contributed by atoms with Crippen molar-refractivity contribution in [1.82, 2.24) is 0 Å². The van der Waals surface area contributed by atoms with E-state index in [-0.39, 0.29) is 0 Å². The molecule has 0 rings (SSSR count). The van der Waals surface area contributed by atoms with Crippen LogP contribution in [-0.4, -0.2) is 52.4 Å². The Labute approximate surface area is 80.6 Å². The molecule has 5 nitrogen and oxygen atoms in total. The van der Waals surface area contributed by atoms with E-state index in [1.165, 1.54) is 39.3 Å². The summed E-state index contributed by atoms with van der Waals surface area (Å²) in [5, 5.41) is 7.06. The van der Waals surface area contributed by atoms with Gasteiger partial charge >= 0.3 is 0 Å². The first-order chi connectivity index (χ1) is 6.41. The Kier molecular flexibility index (Phi) is 11.6. The van der Waals surface area contributed by atoms with E-state index in [9.17, 15) is 0 Å². The van der Waals surface area contributed by atoms with E-state index in [2.05, 4.69) is 27.4 Å². The highest BCUT2D eigenvalue weighted by molar-refractivity contribution is 4.20. The number of rotatable bonds is 10. The number of nitrogens with two attached hydrogens (primary N) is 3. The maximum atomic E-state index is 3.80. The minimum Gasteiger partial charge on any atom is -0.353 e. The van der Waals surface area contributed by atoms with Crippen LogP contribution in [0.5, 0.6) is 0 Å². The minimum atomic E-state index is 1.04. The second-order valence-corrected chi connectivity index (χ2v) is 3.31. The SMILES string of the molecule is [NH3+]CC[NH2+]CC[NH2+]CC[NH2+]CC[NH3+]. The van der Waals surface area contributed by atoms with Gasteiger partial charge < -0.3 is 27.4 Å². The Morgan fingerprint density at radius 1 is 0.538 bits per heavy atom. The van der Waals surface area contributed by atoms with Gasteiger partial charge in [-0.1, -0.05) is 0 Å². The highest BCUT2D eigenvalue weighted by atomic mass is 15.0. The maximum Gasteiger partial charge on any atom is 0.125 e. The van der Waals surface area contributed by atoms with Gasteiger partial charge in [-0.15, -0.1) is 0 Å². The summed E-state index contributed by atoms with van der Waals surface area (Å²) in [7, 11) is 0. The van der Waals surface area contributed by atoms with Crippen molar-refractivity contribution >= 4 is 0 Å². The van der Waals surface area contributed by atoms with Gasteiger partial charge in [0.25, 0.3) is 0 Å². The Hall–Kier alpha value is -0.200. The fraction of sp³-hybridized carbons (Fsp3) is 1.00. The molecule has 0 bridgehead atoms. The van der Waals surface area contributed by atoms with E-state index >= 15 is 0 Å². The first-order valence-electron chi connectivity index (χ1n) is 5.45. The smallest absolute Gasteiger partial charge is 0.125 e. The van der Waals surface area contributed by atoms with Crippen molar-refractivity contribution in [2.24, 2.45) is 0 Å². The number of quaternary nitrogens is 5. The molecule has 80 valence electrons. The van der Waals surface area contributed by atoms with Crippen LogP contribution in [0.1, 0.15) is 0 Å². The molecule has 5 heteroatoms. The molecular weight excluding hydrogens is 166 g/mol. The van der Waals surface area contributed by atoms with Crippen molar-refractivity contribution in [2.45, 2.75) is 0 Å². The van der Waals surface area contributed by atoms with Crippen LogP contribution in [-0.2, 0) is 0 Å². The second-order valence-electron chi connectivity index (χ2n) is 3.31. The summed E-state index contributed by atoms with van der Waals surface area (Å²) < 4.78 is 0. The van der Waals surface area contributed by atoms with Gasteiger partial charge in [-0.2, -0.15) is 0 Å². The molecule has 0 aliphatic carbocycles. The summed E-state index contributed by atoms with van der Waals surface area (Å²) >= 11 is 0. The largest absolute Gasteiger partial charge is 0.353 e. The van der Waals surface area contributed by atoms with E-state index in [0.29, 0.717) is 0 Å². The van der Waals surface area contributed by atoms with Crippen molar-refractivity contribution in [1.29, 1.82) is 0 Å². The molecule has 0 radical (unpaired) electrons. The average Bonchev–Trinajstić information content (AvgIpc) is 2.16. The molecule has 0 aromatic heterocycles. The van der Waals surface area contributed by atoms with Crippen LogP contribution in [0, 0.1) is 0 Å². The topological polar surface area (TPSA) is 105 Å². The van der Waals surface area contributed by atoms with Crippen molar-refractivity contribution in [3.8, 4) is 0 Å². The van der Waals surface area contributed by atoms with Gasteiger partial charge in [-0.25, -0.2) is 0 Å². The highest BCUT2D eigenvalue weighted by Gasteiger charge is 1.95. The van der Waals surface area contributed by atoms with Crippen LogP contribution in [0.4, 0.5) is 0 Å². The molecule has 0 aromatic rings. The van der Waals surface area contributed by atoms with E-state index in [1.807, 2.05) is 0 Å². The van der Waals surface area contributed by atoms with Gasteiger partial charge in [-0.3, -0.25) is 0 Å². The summed E-state index contributed by atoms with van der Waals surface area (Å²) in [6.07, 6.45) is 0. The zero-order chi connectivity index (χ0) is 9.78. The van der Waals surface area contributed by atoms with Crippen molar-refractivity contribution < 1.29 is 27.4 Å². The van der Waals surface area contributed by atoms with Gasteiger partial charge in [0, 0.05) is 0 Å². The van der Waals surface area contributed by atoms with Crippen molar-refractivity contribution in [3.05, 3.63) is 0 Å². The lowest BCUT2D eigenvalue weighted by molar-refractivity contribution is -0.754. The monoisotopic (exact) mass is 194 g/mol. The van der Waals surface area contributed by atoms with E-state index in [0.717, 1.165) is 13.1 Å². The predicted molar refractivity (Wildman–Crippen MR) is 50.5 cm³/mol. The summed E-state index contributed by atoms with van der Waals surface area (Å²) in [6, 6.07) is 0. The van der Waals surface area contributed by atoms with Gasteiger partial charge in [-0.05, 0) is 0 Å². The molecule has 13 heavy (non-hydrogen) atoms. The zero-order valence-corrected chi connectivity index (χ0v) is 8.80. The normalized spacial score (nSPS) is 10.6. The molecule has 0 unspecified atom stereocenters. The fourth-order valence-corrected chi connectivity index (χ4v) is 1.19. The molecule has 0 saturated carbocycles. The Morgan fingerprint density at radius 2 is 0.846 bits per heavy atom. The first kappa shape index (κ1) is 12.8. The molecule has 0 amide bonds. The van der Waals surface area contributed by atoms with Gasteiger partial charge in [0.2, 0.25) is 0 Å². The molecule has 0 atom stereocenters. The Morgan fingerprint density at radius 3 is 1.15 bits per heavy atom. The van der Waals surface area contributed by atoms with Gasteiger partial charge in [0.15, 0.2) is 0 Å². The Bertz CT molecular complexity index is 78.6. The van der Waals surface area contributed by atoms with Gasteiger partial charge in [0.1, 0.15) is 52.4 Å². The minimum absolute atomic E-state index is 1.04. The molecule has 0 saturated heterocycles. The lowest BCUT2D eigenvalue weighted by Crippen LogP contribution is -3.00. The number of hydrogen-bond acceptors (Lipinski definition) is 0. The summed E-state index contributed by atoms with van der Waals surface area (Å²) in [6.45, 7) is 9.34. The van der Waals surface area contributed by atoms with Crippen molar-refractivity contribution in [3.63, 3.8) is 0 Å². The van der Waals surface area contributed by atoms with Crippen LogP contribution in [0.15, 0.2) is 0 Å². The van der Waals surface area contributed by atoms with E-state index < -0.39 is 0 Å². The number of hydrogen-bond donors (Lipinski definition) is 5. The summed E-state index contributed by atoms with van der Waals surface area (Å²) in [4.78, 5) is 0. The molecular formula is C8H28N5+5. The average molecular weight is 194 g/mol. The van der Waals surface area contributed by atoms with Crippen LogP contribution in [0.25, 0.3) is 0 Å². The second kappa shape index (κ2) is 11.8. The quantitative estimate of drug-likeness (QED) is 0.213. The molecule has 12 N–H and O–H groups in total. The standard InChI is InChI=1S/C8H23N5/c9-1-3-11-5-7-13-8-6-12-4-2-10/h11-13H,1-10H2/p+5. The molecule has 0 spiro atoms. The lowest BCUT2D eigenvalue weighted by Gasteiger charge is -1.99. The molecule has 0 aliphatic rings. The first-order valence-corrected chi connectivity index (χ1v) is 5.45. The zero-order valence-electron chi connectivity index (χ0n) is 8.80. The van der Waals surface area contributed by atoms with Crippen LogP contribution >= 0.6 is 0 Å². The molecule has 0 aromatic carbocycles. The predicted octanol–water partition coefficient (Wildman–Crippen LogP) is -6.84.